The first-order valence-electron chi connectivity index (χ1n) is 8.63. The number of ether oxygens (including phenoxy) is 1. The average Bonchev–Trinajstić information content (AvgIpc) is 3.11. The number of phenolic OH excluding ortho intramolecular Hbond substituents is 1. The van der Waals surface area contributed by atoms with Gasteiger partial charge >= 0.3 is 0 Å². The smallest absolute Gasteiger partial charge is 0.173 e. The van der Waals surface area contributed by atoms with E-state index in [9.17, 15) is 5.11 Å². The molecule has 0 radical (unpaired) electrons. The Morgan fingerprint density at radius 3 is 2.72 bits per heavy atom. The van der Waals surface area contributed by atoms with E-state index in [4.69, 9.17) is 17.0 Å². The third kappa shape index (κ3) is 4.71. The van der Waals surface area contributed by atoms with Crippen LogP contribution >= 0.6 is 12.2 Å². The molecule has 1 fully saturated rings. The van der Waals surface area contributed by atoms with Gasteiger partial charge in [-0.1, -0.05) is 36.4 Å². The molecule has 1 aliphatic heterocycles. The fourth-order valence-electron chi connectivity index (χ4n) is 3.01. The first kappa shape index (κ1) is 17.7. The summed E-state index contributed by atoms with van der Waals surface area (Å²) in [5.41, 5.74) is 3.00. The van der Waals surface area contributed by atoms with Crippen LogP contribution in [0.5, 0.6) is 5.75 Å². The van der Waals surface area contributed by atoms with Crippen LogP contribution in [0.1, 0.15) is 24.0 Å². The van der Waals surface area contributed by atoms with Crippen LogP contribution in [0.4, 0.5) is 5.69 Å². The molecule has 0 aliphatic carbocycles. The van der Waals surface area contributed by atoms with Crippen molar-refractivity contribution < 1.29 is 9.84 Å². The number of thiocarbonyl (C=S) groups is 1. The molecule has 0 bridgehead atoms. The summed E-state index contributed by atoms with van der Waals surface area (Å²) in [6.45, 7) is 4.13. The molecule has 0 aromatic heterocycles. The molecule has 3 rings (SSSR count). The zero-order valence-corrected chi connectivity index (χ0v) is 15.3. The Morgan fingerprint density at radius 1 is 1.24 bits per heavy atom. The van der Waals surface area contributed by atoms with Crippen LogP contribution in [0.2, 0.25) is 0 Å². The summed E-state index contributed by atoms with van der Waals surface area (Å²) in [6.07, 6.45) is 2.32. The number of nitrogens with one attached hydrogen (secondary N) is 1. The van der Waals surface area contributed by atoms with Gasteiger partial charge in [0.15, 0.2) is 5.11 Å². The minimum absolute atomic E-state index is 0.183. The minimum atomic E-state index is 0.183. The Hall–Kier alpha value is -2.11. The molecule has 0 amide bonds. The van der Waals surface area contributed by atoms with Gasteiger partial charge in [-0.05, 0) is 49.7 Å². The number of hydrogen-bond acceptors (Lipinski definition) is 3. The van der Waals surface area contributed by atoms with Crippen molar-refractivity contribution in [2.24, 2.45) is 0 Å². The van der Waals surface area contributed by atoms with E-state index in [2.05, 4.69) is 23.2 Å². The van der Waals surface area contributed by atoms with Gasteiger partial charge in [-0.2, -0.15) is 0 Å². The van der Waals surface area contributed by atoms with E-state index in [0.29, 0.717) is 24.0 Å². The molecule has 1 aliphatic rings. The van der Waals surface area contributed by atoms with Crippen molar-refractivity contribution in [3.05, 3.63) is 59.7 Å². The van der Waals surface area contributed by atoms with Crippen molar-refractivity contribution in [3.63, 3.8) is 0 Å². The number of anilines is 1. The second kappa shape index (κ2) is 8.32. The Kier molecular flexibility index (Phi) is 5.89. The highest BCUT2D eigenvalue weighted by atomic mass is 32.1. The van der Waals surface area contributed by atoms with E-state index in [-0.39, 0.29) is 6.10 Å². The molecule has 0 saturated carbocycles. The lowest BCUT2D eigenvalue weighted by molar-refractivity contribution is 0.0904. The lowest BCUT2D eigenvalue weighted by atomic mass is 10.1. The van der Waals surface area contributed by atoms with Gasteiger partial charge in [-0.3, -0.25) is 0 Å². The van der Waals surface area contributed by atoms with Crippen molar-refractivity contribution in [2.45, 2.75) is 32.4 Å². The normalized spacial score (nSPS) is 16.6. The monoisotopic (exact) mass is 356 g/mol. The minimum Gasteiger partial charge on any atom is -0.508 e. The van der Waals surface area contributed by atoms with Gasteiger partial charge in [0.1, 0.15) is 5.75 Å². The van der Waals surface area contributed by atoms with Crippen molar-refractivity contribution in [1.29, 1.82) is 0 Å². The number of benzene rings is 2. The average molecular weight is 356 g/mol. The molecule has 1 saturated heterocycles. The van der Waals surface area contributed by atoms with Gasteiger partial charge in [-0.25, -0.2) is 0 Å². The molecule has 2 aromatic carbocycles. The molecule has 0 unspecified atom stereocenters. The summed E-state index contributed by atoms with van der Waals surface area (Å²) in [4.78, 5) is 2.08. The fraction of sp³-hybridized carbons (Fsp3) is 0.350. The standard InChI is InChI=1S/C20H24N2O2S/c1-15-7-2-4-10-18(15)21-20(25)22(14-17-9-6-12-24-17)13-16-8-3-5-11-19(16)23/h2-5,7-8,10-11,17,23H,6,9,12-14H2,1H3,(H,21,25)/t17-/m1/s1. The van der Waals surface area contributed by atoms with Crippen LogP contribution in [0.15, 0.2) is 48.5 Å². The zero-order valence-electron chi connectivity index (χ0n) is 14.4. The van der Waals surface area contributed by atoms with Crippen LogP contribution in [0.25, 0.3) is 0 Å². The molecule has 4 nitrogen and oxygen atoms in total. The Labute approximate surface area is 154 Å². The lowest BCUT2D eigenvalue weighted by Gasteiger charge is -2.29. The SMILES string of the molecule is Cc1ccccc1NC(=S)N(Cc1ccccc1O)C[C@H]1CCCO1. The maximum absolute atomic E-state index is 10.1. The second-order valence-corrected chi connectivity index (χ2v) is 6.78. The number of hydrogen-bond donors (Lipinski definition) is 2. The summed E-state index contributed by atoms with van der Waals surface area (Å²) in [5, 5.41) is 14.1. The van der Waals surface area contributed by atoms with Crippen molar-refractivity contribution in [3.8, 4) is 5.75 Å². The topological polar surface area (TPSA) is 44.7 Å². The Bertz CT molecular complexity index is 729. The number of nitrogens with zero attached hydrogens (tertiary/aromatic N) is 1. The molecule has 1 heterocycles. The van der Waals surface area contributed by atoms with E-state index in [1.165, 1.54) is 0 Å². The third-order valence-electron chi connectivity index (χ3n) is 4.47. The largest absolute Gasteiger partial charge is 0.508 e. The van der Waals surface area contributed by atoms with Gasteiger partial charge in [0.25, 0.3) is 0 Å². The summed E-state index contributed by atoms with van der Waals surface area (Å²) in [7, 11) is 0. The third-order valence-corrected chi connectivity index (χ3v) is 4.83. The maximum atomic E-state index is 10.1. The summed E-state index contributed by atoms with van der Waals surface area (Å²) >= 11 is 5.67. The molecule has 132 valence electrons. The summed E-state index contributed by atoms with van der Waals surface area (Å²) in [5.74, 6) is 0.290. The summed E-state index contributed by atoms with van der Waals surface area (Å²) < 4.78 is 5.78. The van der Waals surface area contributed by atoms with Gasteiger partial charge < -0.3 is 20.1 Å². The van der Waals surface area contributed by atoms with E-state index in [1.807, 2.05) is 36.4 Å². The Morgan fingerprint density at radius 2 is 2.00 bits per heavy atom. The lowest BCUT2D eigenvalue weighted by Crippen LogP contribution is -2.39. The molecule has 0 spiro atoms. The van der Waals surface area contributed by atoms with Crippen molar-refractivity contribution >= 4 is 23.0 Å². The predicted octanol–water partition coefficient (Wildman–Crippen LogP) is 4.08. The number of aryl methyl sites for hydroxylation is 1. The van der Waals surface area contributed by atoms with Gasteiger partial charge in [0, 0.05) is 30.9 Å². The quantitative estimate of drug-likeness (QED) is 0.791. The fourth-order valence-corrected chi connectivity index (χ4v) is 3.26. The van der Waals surface area contributed by atoms with E-state index in [1.54, 1.807) is 6.07 Å². The molecule has 25 heavy (non-hydrogen) atoms. The molecule has 2 N–H and O–H groups in total. The van der Waals surface area contributed by atoms with Crippen LogP contribution in [0.3, 0.4) is 0 Å². The van der Waals surface area contributed by atoms with E-state index in [0.717, 1.165) is 36.3 Å². The summed E-state index contributed by atoms with van der Waals surface area (Å²) in [6, 6.07) is 15.5. The van der Waals surface area contributed by atoms with Gasteiger partial charge in [0.05, 0.1) is 6.10 Å². The first-order chi connectivity index (χ1) is 12.1. The molecule has 2 aromatic rings. The van der Waals surface area contributed by atoms with Gasteiger partial charge in [0.2, 0.25) is 0 Å². The zero-order chi connectivity index (χ0) is 17.6. The van der Waals surface area contributed by atoms with Crippen LogP contribution < -0.4 is 5.32 Å². The number of rotatable bonds is 5. The van der Waals surface area contributed by atoms with Gasteiger partial charge in [-0.15, -0.1) is 0 Å². The molecule has 5 heteroatoms. The predicted molar refractivity (Wildman–Crippen MR) is 105 cm³/mol. The number of para-hydroxylation sites is 2. The second-order valence-electron chi connectivity index (χ2n) is 6.39. The van der Waals surface area contributed by atoms with E-state index < -0.39 is 0 Å². The van der Waals surface area contributed by atoms with Crippen LogP contribution in [0, 0.1) is 6.92 Å². The highest BCUT2D eigenvalue weighted by Gasteiger charge is 2.22. The van der Waals surface area contributed by atoms with Crippen LogP contribution in [-0.2, 0) is 11.3 Å². The maximum Gasteiger partial charge on any atom is 0.173 e. The highest BCUT2D eigenvalue weighted by Crippen LogP contribution is 2.22. The van der Waals surface area contributed by atoms with E-state index >= 15 is 0 Å². The highest BCUT2D eigenvalue weighted by molar-refractivity contribution is 7.80. The van der Waals surface area contributed by atoms with Crippen molar-refractivity contribution in [2.75, 3.05) is 18.5 Å². The van der Waals surface area contributed by atoms with Crippen LogP contribution in [-0.4, -0.2) is 34.4 Å². The number of phenols is 1. The molecular weight excluding hydrogens is 332 g/mol. The van der Waals surface area contributed by atoms with Crippen molar-refractivity contribution in [1.82, 2.24) is 4.90 Å². The number of aromatic hydroxyl groups is 1. The molecule has 1 atom stereocenters. The molecular formula is C20H24N2O2S. The Balaban J connectivity index is 1.76. The first-order valence-corrected chi connectivity index (χ1v) is 9.04.